The number of piperazine rings is 1. The molecule has 1 N–H and O–H groups in total. The second kappa shape index (κ2) is 6.48. The molecule has 0 aromatic heterocycles. The summed E-state index contributed by atoms with van der Waals surface area (Å²) in [5.41, 5.74) is 1.80. The van der Waals surface area contributed by atoms with Crippen molar-refractivity contribution in [2.45, 2.75) is 12.5 Å². The lowest BCUT2D eigenvalue weighted by molar-refractivity contribution is -0.138. The van der Waals surface area contributed by atoms with Crippen LogP contribution in [-0.2, 0) is 11.2 Å². The van der Waals surface area contributed by atoms with Crippen LogP contribution in [0.3, 0.4) is 0 Å². The summed E-state index contributed by atoms with van der Waals surface area (Å²) >= 11 is 6.01. The minimum absolute atomic E-state index is 0.0178. The van der Waals surface area contributed by atoms with Gasteiger partial charge in [-0.25, -0.2) is 0 Å². The highest BCUT2D eigenvalue weighted by Gasteiger charge is 2.34. The molecule has 1 fully saturated rings. The van der Waals surface area contributed by atoms with Gasteiger partial charge < -0.3 is 19.6 Å². The summed E-state index contributed by atoms with van der Waals surface area (Å²) < 4.78 is 5.80. The van der Waals surface area contributed by atoms with Crippen LogP contribution in [0.2, 0.25) is 5.02 Å². The van der Waals surface area contributed by atoms with Crippen molar-refractivity contribution in [2.75, 3.05) is 31.1 Å². The van der Waals surface area contributed by atoms with Crippen molar-refractivity contribution < 1.29 is 14.6 Å². The number of amides is 1. The van der Waals surface area contributed by atoms with E-state index in [-0.39, 0.29) is 11.7 Å². The van der Waals surface area contributed by atoms with Gasteiger partial charge in [0.1, 0.15) is 11.5 Å². The van der Waals surface area contributed by atoms with Gasteiger partial charge in [0.15, 0.2) is 6.10 Å². The van der Waals surface area contributed by atoms with Crippen LogP contribution in [0.1, 0.15) is 5.56 Å². The third-order valence-electron chi connectivity index (χ3n) is 4.79. The summed E-state index contributed by atoms with van der Waals surface area (Å²) in [4.78, 5) is 16.7. The number of para-hydroxylation sites is 2. The Morgan fingerprint density at radius 1 is 1.12 bits per heavy atom. The first-order chi connectivity index (χ1) is 12.1. The summed E-state index contributed by atoms with van der Waals surface area (Å²) in [5.74, 6) is 1.04. The maximum Gasteiger partial charge on any atom is 0.264 e. The molecule has 2 aliphatic heterocycles. The molecule has 130 valence electrons. The maximum atomic E-state index is 12.8. The highest BCUT2D eigenvalue weighted by Crippen LogP contribution is 2.32. The molecular weight excluding hydrogens is 340 g/mol. The topological polar surface area (TPSA) is 53.0 Å². The van der Waals surface area contributed by atoms with Crippen molar-refractivity contribution in [2.24, 2.45) is 0 Å². The molecule has 0 radical (unpaired) electrons. The Bertz CT molecular complexity index is 803. The van der Waals surface area contributed by atoms with Gasteiger partial charge in [-0.3, -0.25) is 4.79 Å². The largest absolute Gasteiger partial charge is 0.506 e. The first kappa shape index (κ1) is 16.1. The van der Waals surface area contributed by atoms with Crippen LogP contribution in [0.5, 0.6) is 11.5 Å². The lowest BCUT2D eigenvalue weighted by Crippen LogP contribution is -2.52. The molecule has 2 aromatic rings. The summed E-state index contributed by atoms with van der Waals surface area (Å²) in [6.07, 6.45) is 0.0964. The molecule has 25 heavy (non-hydrogen) atoms. The highest BCUT2D eigenvalue weighted by atomic mass is 35.5. The van der Waals surface area contributed by atoms with E-state index in [2.05, 4.69) is 4.90 Å². The molecule has 0 spiro atoms. The van der Waals surface area contributed by atoms with E-state index in [4.69, 9.17) is 16.3 Å². The van der Waals surface area contributed by atoms with Gasteiger partial charge in [-0.2, -0.15) is 0 Å². The summed E-state index contributed by atoms with van der Waals surface area (Å²) in [6, 6.07) is 12.7. The zero-order chi connectivity index (χ0) is 17.4. The fourth-order valence-corrected chi connectivity index (χ4v) is 3.65. The fraction of sp³-hybridized carbons (Fsp3) is 0.316. The average Bonchev–Trinajstić information content (AvgIpc) is 3.05. The molecule has 0 bridgehead atoms. The Balaban J connectivity index is 1.38. The minimum Gasteiger partial charge on any atom is -0.506 e. The summed E-state index contributed by atoms with van der Waals surface area (Å²) in [7, 11) is 0. The normalized spacial score (nSPS) is 19.5. The molecule has 2 aromatic carbocycles. The van der Waals surface area contributed by atoms with Crippen LogP contribution in [0.25, 0.3) is 0 Å². The Hall–Kier alpha value is -2.40. The number of halogens is 1. The summed E-state index contributed by atoms with van der Waals surface area (Å²) in [5, 5.41) is 10.6. The van der Waals surface area contributed by atoms with Gasteiger partial charge >= 0.3 is 0 Å². The van der Waals surface area contributed by atoms with Gasteiger partial charge in [0.05, 0.1) is 5.69 Å². The fourth-order valence-electron chi connectivity index (χ4n) is 3.46. The molecule has 0 saturated carbocycles. The van der Waals surface area contributed by atoms with E-state index in [1.54, 1.807) is 18.2 Å². The first-order valence-electron chi connectivity index (χ1n) is 8.38. The van der Waals surface area contributed by atoms with Crippen LogP contribution >= 0.6 is 11.6 Å². The molecule has 2 heterocycles. The van der Waals surface area contributed by atoms with Crippen LogP contribution < -0.4 is 9.64 Å². The number of anilines is 1. The number of fused-ring (bicyclic) bond motifs is 1. The zero-order valence-electron chi connectivity index (χ0n) is 13.7. The van der Waals surface area contributed by atoms with E-state index in [1.807, 2.05) is 29.2 Å². The third-order valence-corrected chi connectivity index (χ3v) is 5.02. The van der Waals surface area contributed by atoms with Gasteiger partial charge in [0, 0.05) is 37.6 Å². The number of carbonyl (C=O) groups is 1. The highest BCUT2D eigenvalue weighted by molar-refractivity contribution is 6.30. The number of phenolic OH excluding ortho intramolecular Hbond substituents is 1. The third kappa shape index (κ3) is 3.12. The molecule has 1 saturated heterocycles. The van der Waals surface area contributed by atoms with Gasteiger partial charge in [-0.05, 0) is 35.9 Å². The lowest BCUT2D eigenvalue weighted by atomic mass is 10.1. The van der Waals surface area contributed by atoms with Crippen molar-refractivity contribution in [3.05, 3.63) is 53.1 Å². The van der Waals surface area contributed by atoms with E-state index < -0.39 is 6.10 Å². The van der Waals surface area contributed by atoms with Crippen LogP contribution in [-0.4, -0.2) is 48.2 Å². The number of rotatable bonds is 2. The number of aromatic hydroxyl groups is 1. The molecule has 1 atom stereocenters. The van der Waals surface area contributed by atoms with Gasteiger partial charge in [-0.15, -0.1) is 0 Å². The van der Waals surface area contributed by atoms with Crippen LogP contribution in [0.15, 0.2) is 42.5 Å². The van der Waals surface area contributed by atoms with Crippen molar-refractivity contribution in [1.29, 1.82) is 0 Å². The molecule has 4 rings (SSSR count). The predicted octanol–water partition coefficient (Wildman–Crippen LogP) is 2.70. The number of nitrogens with zero attached hydrogens (tertiary/aromatic N) is 2. The number of carbonyl (C=O) groups excluding carboxylic acids is 1. The van der Waals surface area contributed by atoms with Crippen molar-refractivity contribution >= 4 is 23.2 Å². The Labute approximate surface area is 151 Å². The number of benzene rings is 2. The van der Waals surface area contributed by atoms with Crippen molar-refractivity contribution in [3.8, 4) is 11.5 Å². The Morgan fingerprint density at radius 3 is 2.64 bits per heavy atom. The Morgan fingerprint density at radius 2 is 1.88 bits per heavy atom. The minimum atomic E-state index is -0.467. The molecule has 2 aliphatic rings. The van der Waals surface area contributed by atoms with Gasteiger partial charge in [0.2, 0.25) is 0 Å². The quantitative estimate of drug-likeness (QED) is 0.896. The summed E-state index contributed by atoms with van der Waals surface area (Å²) in [6.45, 7) is 2.61. The maximum absolute atomic E-state index is 12.8. The van der Waals surface area contributed by atoms with Gasteiger partial charge in [-0.1, -0.05) is 23.7 Å². The monoisotopic (exact) mass is 358 g/mol. The Kier molecular flexibility index (Phi) is 4.17. The average molecular weight is 359 g/mol. The smallest absolute Gasteiger partial charge is 0.264 e. The molecule has 5 nitrogen and oxygen atoms in total. The molecule has 0 unspecified atom stereocenters. The number of ether oxygens (including phenoxy) is 1. The van der Waals surface area contributed by atoms with Crippen LogP contribution in [0, 0.1) is 0 Å². The van der Waals surface area contributed by atoms with Crippen molar-refractivity contribution in [3.63, 3.8) is 0 Å². The molecule has 0 aliphatic carbocycles. The number of hydrogen-bond acceptors (Lipinski definition) is 4. The van der Waals surface area contributed by atoms with Crippen molar-refractivity contribution in [1.82, 2.24) is 4.90 Å². The predicted molar refractivity (Wildman–Crippen MR) is 96.5 cm³/mol. The standard InChI is InChI=1S/C19H19ClN2O3/c20-14-5-6-17-13(11-14)12-18(25-17)19(24)22-9-7-21(8-10-22)15-3-1-2-4-16(15)23/h1-6,11,18,23H,7-10,12H2/t18-/m0/s1. The molecule has 1 amide bonds. The van der Waals surface area contributed by atoms with E-state index in [9.17, 15) is 9.90 Å². The van der Waals surface area contributed by atoms with E-state index >= 15 is 0 Å². The lowest BCUT2D eigenvalue weighted by Gasteiger charge is -2.37. The second-order valence-corrected chi connectivity index (χ2v) is 6.80. The van der Waals surface area contributed by atoms with E-state index in [0.717, 1.165) is 17.0 Å². The molecular formula is C19H19ClN2O3. The van der Waals surface area contributed by atoms with E-state index in [0.29, 0.717) is 37.6 Å². The van der Waals surface area contributed by atoms with E-state index in [1.165, 1.54) is 0 Å². The number of phenols is 1. The first-order valence-corrected chi connectivity index (χ1v) is 8.76. The molecule has 6 heteroatoms. The number of hydrogen-bond donors (Lipinski definition) is 1. The van der Waals surface area contributed by atoms with Gasteiger partial charge in [0.25, 0.3) is 5.91 Å². The van der Waals surface area contributed by atoms with Crippen LogP contribution in [0.4, 0.5) is 5.69 Å². The second-order valence-electron chi connectivity index (χ2n) is 6.36. The zero-order valence-corrected chi connectivity index (χ0v) is 14.4. The SMILES string of the molecule is O=C([C@@H]1Cc2cc(Cl)ccc2O1)N1CCN(c2ccccc2O)CC1.